The highest BCUT2D eigenvalue weighted by Gasteiger charge is 2.28. The van der Waals surface area contributed by atoms with Crippen LogP contribution in [0.5, 0.6) is 5.75 Å². The minimum absolute atomic E-state index is 0.00568. The van der Waals surface area contributed by atoms with Crippen molar-refractivity contribution >= 4 is 5.91 Å². The van der Waals surface area contributed by atoms with Crippen molar-refractivity contribution in [2.45, 2.75) is 13.5 Å². The molecule has 0 spiro atoms. The van der Waals surface area contributed by atoms with E-state index in [0.29, 0.717) is 19.1 Å². The largest absolute Gasteiger partial charge is 0.491 e. The molecule has 110 valence electrons. The lowest BCUT2D eigenvalue weighted by Gasteiger charge is -2.31. The highest BCUT2D eigenvalue weighted by molar-refractivity contribution is 5.78. The van der Waals surface area contributed by atoms with E-state index in [4.69, 9.17) is 9.84 Å². The molecule has 1 heterocycles. The highest BCUT2D eigenvalue weighted by atomic mass is 16.5. The van der Waals surface area contributed by atoms with Gasteiger partial charge in [-0.15, -0.1) is 0 Å². The maximum Gasteiger partial charge on any atom is 0.223 e. The number of aliphatic hydroxyl groups excluding tert-OH is 1. The smallest absolute Gasteiger partial charge is 0.223 e. The van der Waals surface area contributed by atoms with E-state index in [9.17, 15) is 4.79 Å². The molecule has 1 saturated heterocycles. The zero-order chi connectivity index (χ0) is 14.4. The van der Waals surface area contributed by atoms with Gasteiger partial charge in [-0.1, -0.05) is 19.1 Å². The van der Waals surface area contributed by atoms with Crippen LogP contribution in [0.3, 0.4) is 0 Å². The van der Waals surface area contributed by atoms with Crippen molar-refractivity contribution in [3.05, 3.63) is 29.8 Å². The van der Waals surface area contributed by atoms with Crippen molar-refractivity contribution in [1.82, 2.24) is 10.6 Å². The highest BCUT2D eigenvalue weighted by Crippen LogP contribution is 2.16. The molecule has 1 aliphatic rings. The molecular formula is C15H22N2O3. The van der Waals surface area contributed by atoms with E-state index in [2.05, 4.69) is 10.6 Å². The Morgan fingerprint density at radius 3 is 2.70 bits per heavy atom. The van der Waals surface area contributed by atoms with Gasteiger partial charge < -0.3 is 20.5 Å². The van der Waals surface area contributed by atoms with E-state index in [1.807, 2.05) is 31.2 Å². The second-order valence-corrected chi connectivity index (χ2v) is 5.14. The molecule has 1 aliphatic heterocycles. The number of nitrogens with one attached hydrogen (secondary N) is 2. The second kappa shape index (κ2) is 7.26. The fourth-order valence-electron chi connectivity index (χ4n) is 2.10. The van der Waals surface area contributed by atoms with E-state index in [-0.39, 0.29) is 18.4 Å². The summed E-state index contributed by atoms with van der Waals surface area (Å²) in [7, 11) is 0. The normalized spacial score (nSPS) is 16.3. The Kier molecular flexibility index (Phi) is 5.38. The quantitative estimate of drug-likeness (QED) is 0.680. The topological polar surface area (TPSA) is 70.6 Å². The van der Waals surface area contributed by atoms with E-state index in [1.165, 1.54) is 0 Å². The molecule has 2 rings (SSSR count). The summed E-state index contributed by atoms with van der Waals surface area (Å²) in [4.78, 5) is 12.0. The predicted molar refractivity (Wildman–Crippen MR) is 76.4 cm³/mol. The van der Waals surface area contributed by atoms with E-state index < -0.39 is 0 Å². The van der Waals surface area contributed by atoms with E-state index in [0.717, 1.165) is 24.4 Å². The summed E-state index contributed by atoms with van der Waals surface area (Å²) in [5.74, 6) is 1.35. The minimum Gasteiger partial charge on any atom is -0.491 e. The van der Waals surface area contributed by atoms with Gasteiger partial charge in [-0.2, -0.15) is 0 Å². The summed E-state index contributed by atoms with van der Waals surface area (Å²) in [5, 5.41) is 14.8. The van der Waals surface area contributed by atoms with Gasteiger partial charge in [0.2, 0.25) is 5.91 Å². The second-order valence-electron chi connectivity index (χ2n) is 5.14. The van der Waals surface area contributed by atoms with Crippen LogP contribution in [0, 0.1) is 11.8 Å². The van der Waals surface area contributed by atoms with Crippen LogP contribution in [0.15, 0.2) is 24.3 Å². The van der Waals surface area contributed by atoms with Crippen molar-refractivity contribution in [1.29, 1.82) is 0 Å². The molecule has 5 heteroatoms. The van der Waals surface area contributed by atoms with Gasteiger partial charge >= 0.3 is 0 Å². The molecule has 0 aliphatic carbocycles. The van der Waals surface area contributed by atoms with Gasteiger partial charge in [-0.3, -0.25) is 4.79 Å². The average molecular weight is 278 g/mol. The van der Waals surface area contributed by atoms with Gasteiger partial charge in [-0.25, -0.2) is 0 Å². The predicted octanol–water partition coefficient (Wildman–Crippen LogP) is 0.529. The molecule has 1 aromatic carbocycles. The zero-order valence-corrected chi connectivity index (χ0v) is 11.8. The molecule has 1 unspecified atom stereocenters. The molecule has 1 fully saturated rings. The van der Waals surface area contributed by atoms with Gasteiger partial charge in [-0.05, 0) is 36.7 Å². The van der Waals surface area contributed by atoms with E-state index >= 15 is 0 Å². The molecule has 0 radical (unpaired) electrons. The molecule has 1 amide bonds. The third-order valence-electron chi connectivity index (χ3n) is 3.68. The van der Waals surface area contributed by atoms with Crippen molar-refractivity contribution in [2.75, 3.05) is 26.3 Å². The summed E-state index contributed by atoms with van der Waals surface area (Å²) in [6.45, 7) is 4.68. The third kappa shape index (κ3) is 3.95. The molecule has 20 heavy (non-hydrogen) atoms. The Morgan fingerprint density at radius 1 is 1.45 bits per heavy atom. The maximum absolute atomic E-state index is 12.0. The molecule has 0 saturated carbocycles. The molecule has 1 atom stereocenters. The fraction of sp³-hybridized carbons (Fsp3) is 0.533. The van der Waals surface area contributed by atoms with Gasteiger partial charge in [0.15, 0.2) is 0 Å². The molecule has 0 aromatic heterocycles. The zero-order valence-electron chi connectivity index (χ0n) is 11.8. The molecule has 3 N–H and O–H groups in total. The molecule has 0 bridgehead atoms. The van der Waals surface area contributed by atoms with Crippen LogP contribution in [0.2, 0.25) is 0 Å². The summed E-state index contributed by atoms with van der Waals surface area (Å²) < 4.78 is 5.28. The first-order valence-electron chi connectivity index (χ1n) is 7.01. The van der Waals surface area contributed by atoms with Crippen LogP contribution < -0.4 is 15.4 Å². The van der Waals surface area contributed by atoms with Crippen LogP contribution in [0.25, 0.3) is 0 Å². The van der Waals surface area contributed by atoms with Gasteiger partial charge in [0.25, 0.3) is 0 Å². The summed E-state index contributed by atoms with van der Waals surface area (Å²) in [6, 6.07) is 7.53. The van der Waals surface area contributed by atoms with Gasteiger partial charge in [0.05, 0.1) is 6.61 Å². The van der Waals surface area contributed by atoms with Crippen LogP contribution in [-0.4, -0.2) is 37.3 Å². The van der Waals surface area contributed by atoms with Crippen LogP contribution in [-0.2, 0) is 11.3 Å². The average Bonchev–Trinajstić information content (AvgIpc) is 2.41. The molecular weight excluding hydrogens is 256 g/mol. The number of carbonyl (C=O) groups excluding carboxylic acids is 1. The van der Waals surface area contributed by atoms with Crippen LogP contribution >= 0.6 is 0 Å². The summed E-state index contributed by atoms with van der Waals surface area (Å²) >= 11 is 0. The van der Waals surface area contributed by atoms with Crippen molar-refractivity contribution < 1.29 is 14.6 Å². The lowest BCUT2D eigenvalue weighted by atomic mass is 9.88. The maximum atomic E-state index is 12.0. The van der Waals surface area contributed by atoms with Crippen LogP contribution in [0.4, 0.5) is 0 Å². The lowest BCUT2D eigenvalue weighted by Crippen LogP contribution is -2.49. The Bertz CT molecular complexity index is 429. The Morgan fingerprint density at radius 2 is 2.15 bits per heavy atom. The van der Waals surface area contributed by atoms with Crippen LogP contribution in [0.1, 0.15) is 12.5 Å². The first-order valence-corrected chi connectivity index (χ1v) is 7.01. The number of hydrogen-bond acceptors (Lipinski definition) is 4. The van der Waals surface area contributed by atoms with Crippen molar-refractivity contribution in [3.63, 3.8) is 0 Å². The van der Waals surface area contributed by atoms with Crippen molar-refractivity contribution in [3.8, 4) is 5.75 Å². The SMILES string of the molecule is CC(C(=O)NCc1ccc(OCCO)cc1)C1CNC1. The number of amides is 1. The van der Waals surface area contributed by atoms with Crippen molar-refractivity contribution in [2.24, 2.45) is 11.8 Å². The summed E-state index contributed by atoms with van der Waals surface area (Å²) in [5.41, 5.74) is 1.04. The standard InChI is InChI=1S/C15H22N2O3/c1-11(13-9-16-10-13)15(19)17-8-12-2-4-14(5-3-12)20-7-6-18/h2-5,11,13,16,18H,6-10H2,1H3,(H,17,19). The summed E-state index contributed by atoms with van der Waals surface area (Å²) in [6.07, 6.45) is 0. The molecule has 1 aromatic rings. The molecule has 5 nitrogen and oxygen atoms in total. The Balaban J connectivity index is 1.76. The van der Waals surface area contributed by atoms with Gasteiger partial charge in [0.1, 0.15) is 12.4 Å². The lowest BCUT2D eigenvalue weighted by molar-refractivity contribution is -0.126. The number of hydrogen-bond donors (Lipinski definition) is 3. The number of rotatable bonds is 7. The fourth-order valence-corrected chi connectivity index (χ4v) is 2.10. The minimum atomic E-state index is 0.00568. The Hall–Kier alpha value is -1.59. The first-order chi connectivity index (χ1) is 9.70. The third-order valence-corrected chi connectivity index (χ3v) is 3.68. The number of benzene rings is 1. The van der Waals surface area contributed by atoms with Gasteiger partial charge in [0, 0.05) is 12.5 Å². The number of carbonyl (C=O) groups is 1. The number of aliphatic hydroxyl groups is 1. The Labute approximate surface area is 119 Å². The van der Waals surface area contributed by atoms with E-state index in [1.54, 1.807) is 0 Å². The first kappa shape index (κ1) is 14.8. The number of ether oxygens (including phenoxy) is 1. The monoisotopic (exact) mass is 278 g/mol.